The van der Waals surface area contributed by atoms with Crippen molar-refractivity contribution in [3.05, 3.63) is 51.2 Å². The van der Waals surface area contributed by atoms with E-state index in [4.69, 9.17) is 16.3 Å². The number of halogens is 1. The maximum atomic E-state index is 10.1. The molecule has 1 aromatic carbocycles. The molecule has 4 heteroatoms. The van der Waals surface area contributed by atoms with Crippen LogP contribution in [0.2, 0.25) is 4.34 Å². The summed E-state index contributed by atoms with van der Waals surface area (Å²) >= 11 is 7.35. The van der Waals surface area contributed by atoms with Crippen LogP contribution >= 0.6 is 22.9 Å². The molecule has 0 aliphatic carbocycles. The number of aliphatic hydroxyl groups excluding tert-OH is 1. The third-order valence-electron chi connectivity index (χ3n) is 2.50. The van der Waals surface area contributed by atoms with Crippen LogP contribution in [0.5, 0.6) is 5.75 Å². The number of thiophene rings is 1. The van der Waals surface area contributed by atoms with E-state index in [1.54, 1.807) is 7.11 Å². The van der Waals surface area contributed by atoms with E-state index in [-0.39, 0.29) is 0 Å². The van der Waals surface area contributed by atoms with Crippen molar-refractivity contribution in [1.82, 2.24) is 0 Å². The van der Waals surface area contributed by atoms with E-state index in [1.165, 1.54) is 11.3 Å². The highest BCUT2D eigenvalue weighted by Crippen LogP contribution is 2.27. The fourth-order valence-electron chi connectivity index (χ4n) is 1.62. The highest BCUT2D eigenvalue weighted by Gasteiger charge is 2.10. The zero-order valence-electron chi connectivity index (χ0n) is 9.39. The zero-order valence-corrected chi connectivity index (χ0v) is 11.0. The van der Waals surface area contributed by atoms with Crippen LogP contribution in [0.15, 0.2) is 36.4 Å². The topological polar surface area (TPSA) is 29.5 Å². The number of hydrogen-bond donors (Lipinski definition) is 1. The number of hydrogen-bond acceptors (Lipinski definition) is 3. The summed E-state index contributed by atoms with van der Waals surface area (Å²) in [5, 5.41) is 10.1. The molecule has 0 aliphatic rings. The van der Waals surface area contributed by atoms with Crippen molar-refractivity contribution in [2.24, 2.45) is 0 Å². The quantitative estimate of drug-likeness (QED) is 0.916. The minimum Gasteiger partial charge on any atom is -0.497 e. The first kappa shape index (κ1) is 12.4. The molecule has 0 spiro atoms. The molecule has 1 aromatic heterocycles. The summed E-state index contributed by atoms with van der Waals surface area (Å²) in [7, 11) is 1.62. The summed E-state index contributed by atoms with van der Waals surface area (Å²) in [6, 6.07) is 11.3. The second-order valence-electron chi connectivity index (χ2n) is 3.70. The average molecular weight is 269 g/mol. The van der Waals surface area contributed by atoms with Crippen LogP contribution in [-0.2, 0) is 6.42 Å². The lowest BCUT2D eigenvalue weighted by molar-refractivity contribution is 0.179. The van der Waals surface area contributed by atoms with E-state index in [9.17, 15) is 5.11 Å². The van der Waals surface area contributed by atoms with Gasteiger partial charge in [0.1, 0.15) is 5.75 Å². The SMILES string of the molecule is COc1cccc(C(O)Cc2ccc(Cl)s2)c1. The van der Waals surface area contributed by atoms with E-state index in [0.717, 1.165) is 20.5 Å². The number of aliphatic hydroxyl groups is 1. The first-order valence-corrected chi connectivity index (χ1v) is 6.44. The standard InChI is InChI=1S/C13H13ClO2S/c1-16-10-4-2-3-9(7-10)12(15)8-11-5-6-13(14)17-11/h2-7,12,15H,8H2,1H3. The van der Waals surface area contributed by atoms with Crippen LogP contribution in [0.1, 0.15) is 16.5 Å². The predicted molar refractivity (Wildman–Crippen MR) is 71.0 cm³/mol. The summed E-state index contributed by atoms with van der Waals surface area (Å²) in [5.74, 6) is 0.755. The first-order chi connectivity index (χ1) is 8.19. The van der Waals surface area contributed by atoms with Crippen molar-refractivity contribution >= 4 is 22.9 Å². The smallest absolute Gasteiger partial charge is 0.119 e. The van der Waals surface area contributed by atoms with Gasteiger partial charge in [0.25, 0.3) is 0 Å². The molecule has 90 valence electrons. The maximum absolute atomic E-state index is 10.1. The normalized spacial score (nSPS) is 12.4. The molecular weight excluding hydrogens is 256 g/mol. The number of benzene rings is 1. The van der Waals surface area contributed by atoms with Gasteiger partial charge >= 0.3 is 0 Å². The van der Waals surface area contributed by atoms with Crippen molar-refractivity contribution in [3.63, 3.8) is 0 Å². The molecule has 2 aromatic rings. The predicted octanol–water partition coefficient (Wildman–Crippen LogP) is 3.69. The van der Waals surface area contributed by atoms with Crippen LogP contribution in [0.4, 0.5) is 0 Å². The second kappa shape index (κ2) is 5.54. The molecule has 0 saturated heterocycles. The maximum Gasteiger partial charge on any atom is 0.119 e. The Balaban J connectivity index is 2.11. The number of methoxy groups -OCH3 is 1. The van der Waals surface area contributed by atoms with Crippen LogP contribution in [0.3, 0.4) is 0 Å². The molecule has 2 rings (SSSR count). The van der Waals surface area contributed by atoms with Gasteiger partial charge in [0, 0.05) is 11.3 Å². The molecule has 0 amide bonds. The van der Waals surface area contributed by atoms with E-state index in [0.29, 0.717) is 6.42 Å². The van der Waals surface area contributed by atoms with Crippen molar-refractivity contribution in [2.75, 3.05) is 7.11 Å². The fourth-order valence-corrected chi connectivity index (χ4v) is 2.74. The molecule has 0 saturated carbocycles. The Labute approximate surface area is 109 Å². The lowest BCUT2D eigenvalue weighted by Gasteiger charge is -2.10. The third-order valence-corrected chi connectivity index (χ3v) is 3.76. The third kappa shape index (κ3) is 3.22. The highest BCUT2D eigenvalue weighted by atomic mass is 35.5. The van der Waals surface area contributed by atoms with Gasteiger partial charge in [0.15, 0.2) is 0 Å². The molecular formula is C13H13ClO2S. The number of ether oxygens (including phenoxy) is 1. The van der Waals surface area contributed by atoms with Gasteiger partial charge in [-0.05, 0) is 29.8 Å². The van der Waals surface area contributed by atoms with Gasteiger partial charge in [-0.1, -0.05) is 23.7 Å². The van der Waals surface area contributed by atoms with Crippen LogP contribution in [0, 0.1) is 0 Å². The lowest BCUT2D eigenvalue weighted by Crippen LogP contribution is -2.00. The minimum absolute atomic E-state index is 0.528. The molecule has 0 bridgehead atoms. The summed E-state index contributed by atoms with van der Waals surface area (Å²) in [5.41, 5.74) is 0.855. The lowest BCUT2D eigenvalue weighted by atomic mass is 10.1. The van der Waals surface area contributed by atoms with Gasteiger partial charge in [-0.2, -0.15) is 0 Å². The Morgan fingerprint density at radius 3 is 2.82 bits per heavy atom. The highest BCUT2D eigenvalue weighted by molar-refractivity contribution is 7.16. The van der Waals surface area contributed by atoms with Crippen LogP contribution < -0.4 is 4.74 Å². The summed E-state index contributed by atoms with van der Waals surface area (Å²) in [4.78, 5) is 1.07. The molecule has 0 aliphatic heterocycles. The zero-order chi connectivity index (χ0) is 12.3. The van der Waals surface area contributed by atoms with Gasteiger partial charge in [0.2, 0.25) is 0 Å². The summed E-state index contributed by atoms with van der Waals surface area (Å²) < 4.78 is 5.88. The van der Waals surface area contributed by atoms with E-state index in [1.807, 2.05) is 36.4 Å². The van der Waals surface area contributed by atoms with E-state index in [2.05, 4.69) is 0 Å². The Morgan fingerprint density at radius 1 is 1.35 bits per heavy atom. The Bertz CT molecular complexity index is 496. The van der Waals surface area contributed by atoms with Gasteiger partial charge in [-0.25, -0.2) is 0 Å². The molecule has 1 heterocycles. The minimum atomic E-state index is -0.528. The van der Waals surface area contributed by atoms with E-state index >= 15 is 0 Å². The van der Waals surface area contributed by atoms with Crippen molar-refractivity contribution in [1.29, 1.82) is 0 Å². The van der Waals surface area contributed by atoms with E-state index < -0.39 is 6.10 Å². The Kier molecular flexibility index (Phi) is 4.05. The average Bonchev–Trinajstić information content (AvgIpc) is 2.75. The molecule has 1 unspecified atom stereocenters. The largest absolute Gasteiger partial charge is 0.497 e. The first-order valence-electron chi connectivity index (χ1n) is 5.25. The molecule has 1 N–H and O–H groups in total. The van der Waals surface area contributed by atoms with Crippen molar-refractivity contribution < 1.29 is 9.84 Å². The van der Waals surface area contributed by atoms with Crippen LogP contribution in [-0.4, -0.2) is 12.2 Å². The molecule has 1 atom stereocenters. The monoisotopic (exact) mass is 268 g/mol. The van der Waals surface area contributed by atoms with Gasteiger partial charge in [0.05, 0.1) is 17.6 Å². The molecule has 0 fully saturated rings. The van der Waals surface area contributed by atoms with Crippen molar-refractivity contribution in [3.8, 4) is 5.75 Å². The van der Waals surface area contributed by atoms with Gasteiger partial charge in [-0.3, -0.25) is 0 Å². The van der Waals surface area contributed by atoms with Gasteiger partial charge in [-0.15, -0.1) is 11.3 Å². The van der Waals surface area contributed by atoms with Crippen molar-refractivity contribution in [2.45, 2.75) is 12.5 Å². The van der Waals surface area contributed by atoms with Crippen LogP contribution in [0.25, 0.3) is 0 Å². The summed E-state index contributed by atoms with van der Waals surface area (Å²) in [6.07, 6.45) is 0.0460. The Hall–Kier alpha value is -1.03. The van der Waals surface area contributed by atoms with Gasteiger partial charge < -0.3 is 9.84 Å². The Morgan fingerprint density at radius 2 is 2.18 bits per heavy atom. The number of rotatable bonds is 4. The molecule has 2 nitrogen and oxygen atoms in total. The second-order valence-corrected chi connectivity index (χ2v) is 5.50. The molecule has 0 radical (unpaired) electrons. The summed E-state index contributed by atoms with van der Waals surface area (Å²) in [6.45, 7) is 0. The fraction of sp³-hybridized carbons (Fsp3) is 0.231. The molecule has 17 heavy (non-hydrogen) atoms.